The molecule has 2 rings (SSSR count). The molecule has 100 valence electrons. The van der Waals surface area contributed by atoms with Crippen LogP contribution in [0.1, 0.15) is 10.4 Å². The van der Waals surface area contributed by atoms with Crippen LogP contribution in [0.2, 0.25) is 0 Å². The summed E-state index contributed by atoms with van der Waals surface area (Å²) >= 11 is 0. The first-order valence-electron chi connectivity index (χ1n) is 5.40. The summed E-state index contributed by atoms with van der Waals surface area (Å²) in [6.45, 7) is -0.518. The highest BCUT2D eigenvalue weighted by Gasteiger charge is 2.28. The predicted molar refractivity (Wildman–Crippen MR) is 63.3 cm³/mol. The second kappa shape index (κ2) is 5.02. The van der Waals surface area contributed by atoms with Gasteiger partial charge in [0.25, 0.3) is 5.91 Å². The molecule has 0 saturated carbocycles. The molecule has 1 heterocycles. The van der Waals surface area contributed by atoms with Crippen LogP contribution in [0.5, 0.6) is 0 Å². The fourth-order valence-electron chi connectivity index (χ4n) is 1.80. The predicted octanol–water partition coefficient (Wildman–Crippen LogP) is -0.790. The van der Waals surface area contributed by atoms with E-state index in [1.54, 1.807) is 0 Å². The Morgan fingerprint density at radius 2 is 1.95 bits per heavy atom. The van der Waals surface area contributed by atoms with Gasteiger partial charge in [-0.1, -0.05) is 6.07 Å². The van der Waals surface area contributed by atoms with Crippen LogP contribution in [-0.4, -0.2) is 35.7 Å². The summed E-state index contributed by atoms with van der Waals surface area (Å²) in [5.74, 6) is 2.67. The van der Waals surface area contributed by atoms with Gasteiger partial charge in [-0.2, -0.15) is 0 Å². The molecular formula is C11H11FN4O3. The van der Waals surface area contributed by atoms with Crippen molar-refractivity contribution in [1.82, 2.24) is 10.2 Å². The first-order valence-corrected chi connectivity index (χ1v) is 5.40. The minimum atomic E-state index is -0.693. The smallest absolute Gasteiger partial charge is 0.257 e. The zero-order valence-electron chi connectivity index (χ0n) is 9.77. The highest BCUT2D eigenvalue weighted by atomic mass is 19.1. The van der Waals surface area contributed by atoms with E-state index in [1.165, 1.54) is 12.1 Å². The van der Waals surface area contributed by atoms with Crippen molar-refractivity contribution in [1.29, 1.82) is 0 Å². The largest absolute Gasteiger partial charge is 0.321 e. The zero-order valence-corrected chi connectivity index (χ0v) is 9.77. The Bertz CT molecular complexity index is 545. The average Bonchev–Trinajstić information content (AvgIpc) is 2.36. The van der Waals surface area contributed by atoms with Crippen molar-refractivity contribution in [2.75, 3.05) is 18.5 Å². The van der Waals surface area contributed by atoms with Crippen molar-refractivity contribution >= 4 is 23.4 Å². The Morgan fingerprint density at radius 1 is 1.32 bits per heavy atom. The number of nitrogens with one attached hydrogen (secondary N) is 2. The topological polar surface area (TPSA) is 105 Å². The number of halogens is 1. The van der Waals surface area contributed by atoms with Crippen LogP contribution in [-0.2, 0) is 9.59 Å². The molecule has 1 aromatic rings. The van der Waals surface area contributed by atoms with Crippen molar-refractivity contribution in [2.24, 2.45) is 5.84 Å². The number of nitrogens with two attached hydrogens (primary N) is 1. The maximum absolute atomic E-state index is 13.5. The van der Waals surface area contributed by atoms with E-state index in [1.807, 2.05) is 0 Å². The minimum absolute atomic E-state index is 0.0370. The molecule has 1 saturated heterocycles. The number of benzene rings is 1. The second-order valence-electron chi connectivity index (χ2n) is 3.94. The number of nitrogens with zero attached hydrogens (tertiary/aromatic N) is 1. The van der Waals surface area contributed by atoms with E-state index >= 15 is 0 Å². The van der Waals surface area contributed by atoms with Crippen molar-refractivity contribution in [2.45, 2.75) is 0 Å². The first-order chi connectivity index (χ1) is 9.02. The van der Waals surface area contributed by atoms with E-state index in [-0.39, 0.29) is 24.3 Å². The summed E-state index contributed by atoms with van der Waals surface area (Å²) in [4.78, 5) is 35.6. The summed E-state index contributed by atoms with van der Waals surface area (Å²) in [6, 6.07) is 3.84. The van der Waals surface area contributed by atoms with Gasteiger partial charge in [-0.15, -0.1) is 0 Å². The Hall–Kier alpha value is -2.48. The molecule has 7 nitrogen and oxygen atoms in total. The number of para-hydroxylation sites is 1. The number of piperazine rings is 1. The van der Waals surface area contributed by atoms with E-state index in [0.717, 1.165) is 11.0 Å². The van der Waals surface area contributed by atoms with E-state index in [4.69, 9.17) is 5.84 Å². The maximum Gasteiger partial charge on any atom is 0.257 e. The lowest BCUT2D eigenvalue weighted by molar-refractivity contribution is -0.135. The fraction of sp³-hybridized carbons (Fsp3) is 0.182. The molecule has 8 heteroatoms. The number of anilines is 1. The van der Waals surface area contributed by atoms with Gasteiger partial charge in [0.1, 0.15) is 18.9 Å². The Labute approximate surface area is 107 Å². The van der Waals surface area contributed by atoms with Crippen molar-refractivity contribution in [3.05, 3.63) is 29.6 Å². The molecule has 0 radical (unpaired) electrons. The zero-order chi connectivity index (χ0) is 14.0. The normalized spacial score (nSPS) is 15.2. The number of rotatable bonds is 2. The standard InChI is InChI=1S/C11H11FN4O3/c12-7-3-1-2-6(10(7)15-13)11(19)16-4-8(17)14-9(18)5-16/h1-3,15H,4-5,13H2,(H,14,17,18). The van der Waals surface area contributed by atoms with Crippen molar-refractivity contribution < 1.29 is 18.8 Å². The number of nitrogen functional groups attached to an aromatic ring is 1. The lowest BCUT2D eigenvalue weighted by atomic mass is 10.1. The number of carbonyl (C=O) groups is 3. The molecule has 19 heavy (non-hydrogen) atoms. The van der Waals surface area contributed by atoms with Gasteiger partial charge >= 0.3 is 0 Å². The maximum atomic E-state index is 13.5. The average molecular weight is 266 g/mol. The van der Waals surface area contributed by atoms with Gasteiger partial charge in [0, 0.05) is 0 Å². The molecule has 0 aromatic heterocycles. The number of hydrogen-bond acceptors (Lipinski definition) is 5. The minimum Gasteiger partial charge on any atom is -0.321 e. The Kier molecular flexibility index (Phi) is 3.43. The third-order valence-corrected chi connectivity index (χ3v) is 2.62. The molecular weight excluding hydrogens is 255 g/mol. The summed E-state index contributed by atoms with van der Waals surface area (Å²) in [5.41, 5.74) is 1.89. The van der Waals surface area contributed by atoms with Crippen molar-refractivity contribution in [3.63, 3.8) is 0 Å². The summed E-state index contributed by atoms with van der Waals surface area (Å²) < 4.78 is 13.5. The van der Waals surface area contributed by atoms with Crippen LogP contribution in [0.3, 0.4) is 0 Å². The van der Waals surface area contributed by atoms with Crippen LogP contribution in [0.15, 0.2) is 18.2 Å². The van der Waals surface area contributed by atoms with E-state index in [0.29, 0.717) is 0 Å². The van der Waals surface area contributed by atoms with Gasteiger partial charge in [0.2, 0.25) is 11.8 Å². The molecule has 0 unspecified atom stereocenters. The van der Waals surface area contributed by atoms with Crippen LogP contribution >= 0.6 is 0 Å². The lowest BCUT2D eigenvalue weighted by Crippen LogP contribution is -2.53. The summed E-state index contributed by atoms with van der Waals surface area (Å²) in [6.07, 6.45) is 0. The number of hydrogen-bond donors (Lipinski definition) is 3. The fourth-order valence-corrected chi connectivity index (χ4v) is 1.80. The van der Waals surface area contributed by atoms with Crippen LogP contribution in [0, 0.1) is 5.82 Å². The van der Waals surface area contributed by atoms with Crippen LogP contribution in [0.4, 0.5) is 10.1 Å². The highest BCUT2D eigenvalue weighted by molar-refractivity contribution is 6.07. The highest BCUT2D eigenvalue weighted by Crippen LogP contribution is 2.20. The molecule has 0 bridgehead atoms. The lowest BCUT2D eigenvalue weighted by Gasteiger charge is -2.26. The summed E-state index contributed by atoms with van der Waals surface area (Å²) in [5, 5.41) is 2.07. The molecule has 1 fully saturated rings. The van der Waals surface area contributed by atoms with Gasteiger partial charge in [0.05, 0.1) is 11.3 Å². The summed E-state index contributed by atoms with van der Waals surface area (Å²) in [7, 11) is 0. The molecule has 0 spiro atoms. The Balaban J connectivity index is 2.31. The van der Waals surface area contributed by atoms with E-state index in [9.17, 15) is 18.8 Å². The monoisotopic (exact) mass is 266 g/mol. The van der Waals surface area contributed by atoms with Gasteiger partial charge in [0.15, 0.2) is 0 Å². The van der Waals surface area contributed by atoms with E-state index < -0.39 is 23.5 Å². The molecule has 1 aromatic carbocycles. The molecule has 3 amide bonds. The van der Waals surface area contributed by atoms with Crippen LogP contribution in [0.25, 0.3) is 0 Å². The SMILES string of the molecule is NNc1c(F)cccc1C(=O)N1CC(=O)NC(=O)C1. The Morgan fingerprint density at radius 3 is 2.53 bits per heavy atom. The number of carbonyl (C=O) groups excluding carboxylic acids is 3. The number of amides is 3. The molecule has 0 atom stereocenters. The quantitative estimate of drug-likeness (QED) is 0.369. The first kappa shape index (κ1) is 13.0. The third-order valence-electron chi connectivity index (χ3n) is 2.62. The number of imide groups is 1. The van der Waals surface area contributed by atoms with Gasteiger partial charge < -0.3 is 10.3 Å². The van der Waals surface area contributed by atoms with Gasteiger partial charge in [-0.25, -0.2) is 4.39 Å². The molecule has 4 N–H and O–H groups in total. The van der Waals surface area contributed by atoms with Crippen molar-refractivity contribution in [3.8, 4) is 0 Å². The van der Waals surface area contributed by atoms with E-state index in [2.05, 4.69) is 10.7 Å². The molecule has 1 aliphatic heterocycles. The molecule has 0 aliphatic carbocycles. The molecule has 1 aliphatic rings. The third kappa shape index (κ3) is 2.52. The van der Waals surface area contributed by atoms with Gasteiger partial charge in [-0.3, -0.25) is 25.5 Å². The second-order valence-corrected chi connectivity index (χ2v) is 3.94. The van der Waals surface area contributed by atoms with Gasteiger partial charge in [-0.05, 0) is 12.1 Å². The van der Waals surface area contributed by atoms with Crippen LogP contribution < -0.4 is 16.6 Å². The number of hydrazine groups is 1.